The largest absolute Gasteiger partial charge is 0.506 e. The highest BCUT2D eigenvalue weighted by Crippen LogP contribution is 2.39. The van der Waals surface area contributed by atoms with Crippen molar-refractivity contribution in [2.45, 2.75) is 70.5 Å². The van der Waals surface area contributed by atoms with Crippen molar-refractivity contribution >= 4 is 23.5 Å². The van der Waals surface area contributed by atoms with E-state index in [0.717, 1.165) is 48.8 Å². The van der Waals surface area contributed by atoms with Gasteiger partial charge in [0.15, 0.2) is 12.4 Å². The standard InChI is InChI=1S/C32H41N5O6.C2HF3O2/c1-22-34-32(36-43-22)25-7-5-6-23(20-25)13-18-41-19-14-29(40)37(26-8-3-2-4-9-26)17-16-33-15-12-24-10-11-27(38)30-31(24)42-21-28(39)35-30;3-2(4,5)1(6)7/h5-7,10-11,20,26,33,38H,2-4,8-9,12-19,21H2,1H3,(H,35,39);(H,6,7). The zero-order valence-electron chi connectivity index (χ0n) is 27.8. The SMILES string of the molecule is Cc1nc(-c2cccc(CCOCCC(=O)N(CCNCCc3ccc(O)c4c3OCC(=O)N4)C3CCCCC3)c2)no1.O=C(O)C(F)(F)F. The second-order valence-electron chi connectivity index (χ2n) is 11.9. The first kappa shape index (κ1) is 38.1. The van der Waals surface area contributed by atoms with Gasteiger partial charge in [0.05, 0.1) is 19.6 Å². The van der Waals surface area contributed by atoms with E-state index < -0.39 is 12.1 Å². The van der Waals surface area contributed by atoms with Gasteiger partial charge in [0.2, 0.25) is 17.6 Å². The number of phenols is 1. The number of phenolic OH excluding ortho intramolecular Hbond substituents is 1. The molecule has 2 aromatic carbocycles. The number of anilines is 1. The Morgan fingerprint density at radius 3 is 2.56 bits per heavy atom. The van der Waals surface area contributed by atoms with Gasteiger partial charge in [0, 0.05) is 31.6 Å². The molecule has 1 aliphatic carbocycles. The number of aromatic nitrogens is 2. The summed E-state index contributed by atoms with van der Waals surface area (Å²) in [4.78, 5) is 40.2. The zero-order valence-corrected chi connectivity index (χ0v) is 27.8. The molecule has 1 fully saturated rings. The average Bonchev–Trinajstić information content (AvgIpc) is 3.53. The van der Waals surface area contributed by atoms with Crippen molar-refractivity contribution in [1.82, 2.24) is 20.4 Å². The normalized spacial score (nSPS) is 14.5. The number of rotatable bonds is 14. The van der Waals surface area contributed by atoms with Crippen LogP contribution in [0.1, 0.15) is 55.5 Å². The van der Waals surface area contributed by atoms with Crippen LogP contribution in [0, 0.1) is 6.92 Å². The van der Waals surface area contributed by atoms with Gasteiger partial charge in [-0.15, -0.1) is 0 Å². The number of carbonyl (C=O) groups is 3. The number of amides is 2. The Labute approximate surface area is 287 Å². The third kappa shape index (κ3) is 11.4. The molecule has 0 bridgehead atoms. The molecule has 0 atom stereocenters. The van der Waals surface area contributed by atoms with Crippen molar-refractivity contribution in [3.05, 3.63) is 53.4 Å². The van der Waals surface area contributed by atoms with E-state index in [1.54, 1.807) is 13.0 Å². The van der Waals surface area contributed by atoms with E-state index in [9.17, 15) is 27.9 Å². The topological polar surface area (TPSA) is 176 Å². The molecule has 2 amide bonds. The number of carboxylic acids is 1. The first-order chi connectivity index (χ1) is 23.9. The van der Waals surface area contributed by atoms with Crippen molar-refractivity contribution in [3.63, 3.8) is 0 Å². The zero-order chi connectivity index (χ0) is 36.1. The van der Waals surface area contributed by atoms with Crippen LogP contribution in [0.4, 0.5) is 18.9 Å². The average molecular weight is 706 g/mol. The van der Waals surface area contributed by atoms with E-state index in [-0.39, 0.29) is 30.2 Å². The Balaban J connectivity index is 0.000000727. The molecule has 0 spiro atoms. The minimum atomic E-state index is -5.08. The number of nitrogens with one attached hydrogen (secondary N) is 2. The number of alkyl halides is 3. The van der Waals surface area contributed by atoms with Gasteiger partial charge in [-0.1, -0.05) is 48.7 Å². The van der Waals surface area contributed by atoms with Crippen molar-refractivity contribution in [2.75, 3.05) is 44.8 Å². The summed E-state index contributed by atoms with van der Waals surface area (Å²) in [6, 6.07) is 11.7. The molecule has 3 aromatic rings. The van der Waals surface area contributed by atoms with E-state index in [0.29, 0.717) is 68.8 Å². The fourth-order valence-corrected chi connectivity index (χ4v) is 5.74. The smallest absolute Gasteiger partial charge is 0.490 e. The van der Waals surface area contributed by atoms with Gasteiger partial charge in [-0.25, -0.2) is 4.79 Å². The third-order valence-electron chi connectivity index (χ3n) is 8.22. The van der Waals surface area contributed by atoms with Gasteiger partial charge < -0.3 is 39.7 Å². The number of nitrogens with zero attached hydrogens (tertiary/aromatic N) is 3. The Morgan fingerprint density at radius 1 is 1.10 bits per heavy atom. The Bertz CT molecular complexity index is 1590. The Morgan fingerprint density at radius 2 is 1.86 bits per heavy atom. The lowest BCUT2D eigenvalue weighted by atomic mass is 9.94. The summed E-state index contributed by atoms with van der Waals surface area (Å²) in [7, 11) is 0. The number of carboxylic acid groups (broad SMARTS) is 1. The number of benzene rings is 2. The van der Waals surface area contributed by atoms with Crippen molar-refractivity contribution in [1.29, 1.82) is 0 Å². The van der Waals surface area contributed by atoms with Crippen LogP contribution in [-0.4, -0.2) is 94.7 Å². The lowest BCUT2D eigenvalue weighted by Crippen LogP contribution is -2.45. The van der Waals surface area contributed by atoms with Crippen LogP contribution in [0.5, 0.6) is 11.5 Å². The molecule has 13 nitrogen and oxygen atoms in total. The number of halogens is 3. The monoisotopic (exact) mass is 705 g/mol. The van der Waals surface area contributed by atoms with E-state index in [1.165, 1.54) is 6.42 Å². The Kier molecular flexibility index (Phi) is 14.0. The number of aromatic hydroxyl groups is 1. The molecular weight excluding hydrogens is 663 g/mol. The molecule has 1 aromatic heterocycles. The number of ether oxygens (including phenoxy) is 2. The maximum absolute atomic E-state index is 13.3. The van der Waals surface area contributed by atoms with E-state index in [1.807, 2.05) is 35.2 Å². The van der Waals surface area contributed by atoms with Crippen molar-refractivity contribution in [3.8, 4) is 22.9 Å². The lowest BCUT2D eigenvalue weighted by molar-refractivity contribution is -0.192. The number of aliphatic carboxylic acids is 1. The highest BCUT2D eigenvalue weighted by molar-refractivity contribution is 5.97. The highest BCUT2D eigenvalue weighted by Gasteiger charge is 2.38. The molecule has 0 radical (unpaired) electrons. The van der Waals surface area contributed by atoms with Gasteiger partial charge in [-0.05, 0) is 55.5 Å². The van der Waals surface area contributed by atoms with E-state index >= 15 is 0 Å². The summed E-state index contributed by atoms with van der Waals surface area (Å²) < 4.78 is 48.3. The summed E-state index contributed by atoms with van der Waals surface area (Å²) in [6.45, 7) is 4.63. The third-order valence-corrected chi connectivity index (χ3v) is 8.22. The van der Waals surface area contributed by atoms with Gasteiger partial charge >= 0.3 is 12.1 Å². The predicted molar refractivity (Wildman–Crippen MR) is 175 cm³/mol. The summed E-state index contributed by atoms with van der Waals surface area (Å²) in [5, 5.41) is 27.3. The van der Waals surface area contributed by atoms with Crippen LogP contribution < -0.4 is 15.4 Å². The quantitative estimate of drug-likeness (QED) is 0.136. The maximum atomic E-state index is 13.3. The van der Waals surface area contributed by atoms with Crippen LogP contribution in [0.3, 0.4) is 0 Å². The molecule has 1 saturated carbocycles. The molecule has 5 rings (SSSR count). The molecule has 1 aliphatic heterocycles. The summed E-state index contributed by atoms with van der Waals surface area (Å²) in [6.07, 6.45) is 2.32. The Hall–Kier alpha value is -4.70. The maximum Gasteiger partial charge on any atom is 0.490 e. The first-order valence-electron chi connectivity index (χ1n) is 16.5. The number of hydrogen-bond donors (Lipinski definition) is 4. The molecule has 272 valence electrons. The minimum Gasteiger partial charge on any atom is -0.506 e. The van der Waals surface area contributed by atoms with Crippen LogP contribution in [-0.2, 0) is 32.0 Å². The van der Waals surface area contributed by atoms with Crippen molar-refractivity contribution in [2.24, 2.45) is 0 Å². The van der Waals surface area contributed by atoms with Gasteiger partial charge in [0.25, 0.3) is 5.91 Å². The van der Waals surface area contributed by atoms with Gasteiger partial charge in [-0.2, -0.15) is 18.2 Å². The number of aryl methyl sites for hydroxylation is 1. The minimum absolute atomic E-state index is 0.00450. The molecule has 0 unspecified atom stereocenters. The molecule has 4 N–H and O–H groups in total. The summed E-state index contributed by atoms with van der Waals surface area (Å²) in [5.41, 5.74) is 3.27. The molecule has 2 heterocycles. The van der Waals surface area contributed by atoms with Crippen LogP contribution in [0.25, 0.3) is 11.4 Å². The molecule has 0 saturated heterocycles. The molecule has 50 heavy (non-hydrogen) atoms. The summed E-state index contributed by atoms with van der Waals surface area (Å²) >= 11 is 0. The highest BCUT2D eigenvalue weighted by atomic mass is 19.4. The lowest BCUT2D eigenvalue weighted by Gasteiger charge is -2.34. The molecule has 2 aliphatic rings. The van der Waals surface area contributed by atoms with E-state index in [2.05, 4.69) is 20.8 Å². The number of carbonyl (C=O) groups excluding carboxylic acids is 2. The number of fused-ring (bicyclic) bond motifs is 1. The summed E-state index contributed by atoms with van der Waals surface area (Å²) in [5.74, 6) is -1.27. The fraction of sp³-hybridized carbons (Fsp3) is 0.500. The van der Waals surface area contributed by atoms with Crippen molar-refractivity contribution < 1.29 is 51.8 Å². The predicted octanol–water partition coefficient (Wildman–Crippen LogP) is 4.66. The van der Waals surface area contributed by atoms with Gasteiger partial charge in [0.1, 0.15) is 11.4 Å². The number of hydrogen-bond acceptors (Lipinski definition) is 10. The molecule has 16 heteroatoms. The van der Waals surface area contributed by atoms with Crippen LogP contribution >= 0.6 is 0 Å². The first-order valence-corrected chi connectivity index (χ1v) is 16.5. The second kappa shape index (κ2) is 18.3. The van der Waals surface area contributed by atoms with E-state index in [4.69, 9.17) is 23.9 Å². The van der Waals surface area contributed by atoms with Crippen LogP contribution in [0.15, 0.2) is 40.9 Å². The van der Waals surface area contributed by atoms with Gasteiger partial charge in [-0.3, -0.25) is 9.59 Å². The van der Waals surface area contributed by atoms with Crippen LogP contribution in [0.2, 0.25) is 0 Å². The fourth-order valence-electron chi connectivity index (χ4n) is 5.74. The second-order valence-corrected chi connectivity index (χ2v) is 11.9. The molecular formula is C34H42F3N5O8.